The van der Waals surface area contributed by atoms with Crippen LogP contribution < -0.4 is 9.64 Å². The van der Waals surface area contributed by atoms with Crippen molar-refractivity contribution in [2.75, 3.05) is 31.2 Å². The molecule has 2 aromatic heterocycles. The number of fused-ring (bicyclic) bond motifs is 1. The molecule has 1 saturated heterocycles. The maximum Gasteiger partial charge on any atom is 0.228 e. The topological polar surface area (TPSA) is 73.3 Å². The van der Waals surface area contributed by atoms with Crippen molar-refractivity contribution < 1.29 is 9.47 Å². The van der Waals surface area contributed by atoms with E-state index in [4.69, 9.17) is 9.47 Å². The smallest absolute Gasteiger partial charge is 0.228 e. The molecule has 0 N–H and O–H groups in total. The highest BCUT2D eigenvalue weighted by atomic mass is 16.5. The molecule has 7 heteroatoms. The summed E-state index contributed by atoms with van der Waals surface area (Å²) in [4.78, 5) is 20.6. The molecule has 0 spiro atoms. The Morgan fingerprint density at radius 1 is 1.04 bits per heavy atom. The van der Waals surface area contributed by atoms with Gasteiger partial charge in [0.05, 0.1) is 19.3 Å². The van der Waals surface area contributed by atoms with Gasteiger partial charge in [-0.1, -0.05) is 30.3 Å². The first-order valence-corrected chi connectivity index (χ1v) is 8.80. The molecule has 1 aromatic carbocycles. The van der Waals surface area contributed by atoms with E-state index in [1.165, 1.54) is 0 Å². The molecule has 4 rings (SSSR count). The molecule has 3 aromatic rings. The first-order chi connectivity index (χ1) is 12.7. The van der Waals surface area contributed by atoms with Crippen molar-refractivity contribution in [3.8, 4) is 17.3 Å². The predicted molar refractivity (Wildman–Crippen MR) is 99.4 cm³/mol. The van der Waals surface area contributed by atoms with Gasteiger partial charge < -0.3 is 14.4 Å². The second kappa shape index (κ2) is 7.21. The number of hydrogen-bond donors (Lipinski definition) is 0. The second-order valence-corrected chi connectivity index (χ2v) is 6.39. The van der Waals surface area contributed by atoms with Crippen molar-refractivity contribution in [2.24, 2.45) is 0 Å². The molecule has 0 amide bonds. The van der Waals surface area contributed by atoms with Crippen LogP contribution in [0.1, 0.15) is 13.8 Å². The van der Waals surface area contributed by atoms with Crippen LogP contribution in [0.3, 0.4) is 0 Å². The average Bonchev–Trinajstić information content (AvgIpc) is 2.68. The fourth-order valence-corrected chi connectivity index (χ4v) is 2.83. The molecular weight excluding hydrogens is 330 g/mol. The van der Waals surface area contributed by atoms with Crippen molar-refractivity contribution in [1.29, 1.82) is 0 Å². The van der Waals surface area contributed by atoms with E-state index in [1.54, 1.807) is 6.20 Å². The standard InChI is InChI=1S/C19H21N5O2/c1-13(2)26-18-15-12-20-19(24-8-10-25-11-9-24)23-17(15)21-16(22-18)14-6-4-3-5-7-14/h3-7,12-13H,8-11H2,1-2H3. The van der Waals surface area contributed by atoms with Crippen LogP contribution >= 0.6 is 0 Å². The highest BCUT2D eigenvalue weighted by Crippen LogP contribution is 2.27. The van der Waals surface area contributed by atoms with Crippen LogP contribution in [0.2, 0.25) is 0 Å². The Hall–Kier alpha value is -2.80. The highest BCUT2D eigenvalue weighted by Gasteiger charge is 2.18. The lowest BCUT2D eigenvalue weighted by Gasteiger charge is -2.26. The average molecular weight is 351 g/mol. The molecule has 134 valence electrons. The van der Waals surface area contributed by atoms with E-state index >= 15 is 0 Å². The largest absolute Gasteiger partial charge is 0.474 e. The van der Waals surface area contributed by atoms with Gasteiger partial charge in [0.2, 0.25) is 11.8 Å². The van der Waals surface area contributed by atoms with Crippen molar-refractivity contribution >= 4 is 17.0 Å². The first-order valence-electron chi connectivity index (χ1n) is 8.80. The summed E-state index contributed by atoms with van der Waals surface area (Å²) in [6.45, 7) is 6.86. The maximum atomic E-state index is 5.91. The summed E-state index contributed by atoms with van der Waals surface area (Å²) in [5.41, 5.74) is 1.51. The Morgan fingerprint density at radius 3 is 2.54 bits per heavy atom. The van der Waals surface area contributed by atoms with Crippen LogP contribution in [0.15, 0.2) is 36.5 Å². The van der Waals surface area contributed by atoms with Crippen molar-refractivity contribution in [3.05, 3.63) is 36.5 Å². The fourth-order valence-electron chi connectivity index (χ4n) is 2.83. The monoisotopic (exact) mass is 351 g/mol. The third-order valence-corrected chi connectivity index (χ3v) is 4.08. The number of morpholine rings is 1. The Balaban J connectivity index is 1.82. The number of aromatic nitrogens is 4. The van der Waals surface area contributed by atoms with Gasteiger partial charge in [0, 0.05) is 24.8 Å². The molecule has 26 heavy (non-hydrogen) atoms. The predicted octanol–water partition coefficient (Wildman–Crippen LogP) is 2.71. The van der Waals surface area contributed by atoms with Crippen LogP contribution in [0.25, 0.3) is 22.4 Å². The molecule has 3 heterocycles. The summed E-state index contributed by atoms with van der Waals surface area (Å²) in [5.74, 6) is 1.77. The van der Waals surface area contributed by atoms with Crippen molar-refractivity contribution in [2.45, 2.75) is 20.0 Å². The van der Waals surface area contributed by atoms with Gasteiger partial charge >= 0.3 is 0 Å². The molecule has 0 unspecified atom stereocenters. The van der Waals surface area contributed by atoms with Crippen LogP contribution in [0.5, 0.6) is 5.88 Å². The lowest BCUT2D eigenvalue weighted by atomic mass is 10.2. The van der Waals surface area contributed by atoms with Gasteiger partial charge in [-0.15, -0.1) is 0 Å². The number of benzene rings is 1. The number of anilines is 1. The Labute approximate surface area is 152 Å². The van der Waals surface area contributed by atoms with Crippen LogP contribution in [0.4, 0.5) is 5.95 Å². The van der Waals surface area contributed by atoms with Crippen LogP contribution in [0, 0.1) is 0 Å². The summed E-state index contributed by atoms with van der Waals surface area (Å²) in [6.07, 6.45) is 1.75. The van der Waals surface area contributed by atoms with E-state index in [-0.39, 0.29) is 6.10 Å². The van der Waals surface area contributed by atoms with Gasteiger partial charge in [0.1, 0.15) is 5.39 Å². The molecule has 7 nitrogen and oxygen atoms in total. The van der Waals surface area contributed by atoms with E-state index in [9.17, 15) is 0 Å². The summed E-state index contributed by atoms with van der Waals surface area (Å²) in [5, 5.41) is 0.718. The molecule has 0 radical (unpaired) electrons. The molecule has 0 saturated carbocycles. The minimum Gasteiger partial charge on any atom is -0.474 e. The number of rotatable bonds is 4. The van der Waals surface area contributed by atoms with Crippen molar-refractivity contribution in [3.63, 3.8) is 0 Å². The fraction of sp³-hybridized carbons (Fsp3) is 0.368. The highest BCUT2D eigenvalue weighted by molar-refractivity contribution is 5.82. The lowest BCUT2D eigenvalue weighted by Crippen LogP contribution is -2.37. The van der Waals surface area contributed by atoms with Crippen molar-refractivity contribution in [1.82, 2.24) is 19.9 Å². The van der Waals surface area contributed by atoms with E-state index in [0.717, 1.165) is 24.0 Å². The van der Waals surface area contributed by atoms with Crippen LogP contribution in [-0.2, 0) is 4.74 Å². The molecule has 1 aliphatic heterocycles. The molecular formula is C19H21N5O2. The summed E-state index contributed by atoms with van der Waals surface area (Å²) >= 11 is 0. The van der Waals surface area contributed by atoms with Gasteiger partial charge in [-0.3, -0.25) is 0 Å². The molecule has 0 aliphatic carbocycles. The Bertz CT molecular complexity index is 895. The van der Waals surface area contributed by atoms with E-state index in [1.807, 2.05) is 44.2 Å². The molecule has 1 aliphatic rings. The molecule has 1 fully saturated rings. The normalized spacial score (nSPS) is 14.8. The number of ether oxygens (including phenoxy) is 2. The summed E-state index contributed by atoms with van der Waals surface area (Å²) in [6, 6.07) is 9.85. The zero-order chi connectivity index (χ0) is 17.9. The Kier molecular flexibility index (Phi) is 4.62. The van der Waals surface area contributed by atoms with Gasteiger partial charge in [-0.25, -0.2) is 9.97 Å². The zero-order valence-corrected chi connectivity index (χ0v) is 14.9. The van der Waals surface area contributed by atoms with E-state index in [2.05, 4.69) is 24.8 Å². The Morgan fingerprint density at radius 2 is 1.81 bits per heavy atom. The lowest BCUT2D eigenvalue weighted by molar-refractivity contribution is 0.122. The molecule has 0 atom stereocenters. The SMILES string of the molecule is CC(C)Oc1nc(-c2ccccc2)nc2nc(N3CCOCC3)ncc12. The third kappa shape index (κ3) is 3.43. The van der Waals surface area contributed by atoms with Gasteiger partial charge in [0.15, 0.2) is 11.5 Å². The quantitative estimate of drug-likeness (QED) is 0.715. The maximum absolute atomic E-state index is 5.91. The van der Waals surface area contributed by atoms with Gasteiger partial charge in [-0.05, 0) is 13.8 Å². The van der Waals surface area contributed by atoms with Gasteiger partial charge in [-0.2, -0.15) is 9.97 Å². The number of hydrogen-bond acceptors (Lipinski definition) is 7. The minimum atomic E-state index is -0.00403. The summed E-state index contributed by atoms with van der Waals surface area (Å²) < 4.78 is 11.3. The van der Waals surface area contributed by atoms with Gasteiger partial charge in [0.25, 0.3) is 0 Å². The zero-order valence-electron chi connectivity index (χ0n) is 14.9. The summed E-state index contributed by atoms with van der Waals surface area (Å²) in [7, 11) is 0. The number of nitrogens with zero attached hydrogens (tertiary/aromatic N) is 5. The van der Waals surface area contributed by atoms with Crippen LogP contribution in [-0.4, -0.2) is 52.3 Å². The first kappa shape index (κ1) is 16.7. The van der Waals surface area contributed by atoms with E-state index in [0.29, 0.717) is 36.5 Å². The second-order valence-electron chi connectivity index (χ2n) is 6.39. The minimum absolute atomic E-state index is 0.00403. The van der Waals surface area contributed by atoms with E-state index < -0.39 is 0 Å². The molecule has 0 bridgehead atoms. The third-order valence-electron chi connectivity index (χ3n) is 4.08.